The van der Waals surface area contributed by atoms with E-state index in [0.717, 1.165) is 0 Å². The molecule has 1 heterocycles. The van der Waals surface area contributed by atoms with Crippen LogP contribution in [0.4, 0.5) is 11.5 Å². The molecule has 0 radical (unpaired) electrons. The number of anilines is 1. The highest BCUT2D eigenvalue weighted by Crippen LogP contribution is 2.20. The van der Waals surface area contributed by atoms with Gasteiger partial charge in [0.15, 0.2) is 0 Å². The molecule has 18 heavy (non-hydrogen) atoms. The lowest BCUT2D eigenvalue weighted by atomic mass is 10.2. The predicted molar refractivity (Wildman–Crippen MR) is 65.6 cm³/mol. The summed E-state index contributed by atoms with van der Waals surface area (Å²) in [5.74, 6) is -0.491. The molecule has 0 unspecified atom stereocenters. The number of nitrogen functional groups attached to an aromatic ring is 1. The summed E-state index contributed by atoms with van der Waals surface area (Å²) < 4.78 is 4.73. The van der Waals surface area contributed by atoms with E-state index < -0.39 is 4.92 Å². The molecule has 0 amide bonds. The van der Waals surface area contributed by atoms with Crippen molar-refractivity contribution in [2.24, 2.45) is 0 Å². The van der Waals surface area contributed by atoms with E-state index in [2.05, 4.69) is 4.98 Å². The molecule has 96 valence electrons. The van der Waals surface area contributed by atoms with Gasteiger partial charge in [0, 0.05) is 12.3 Å². The average molecular weight is 251 g/mol. The van der Waals surface area contributed by atoms with Crippen LogP contribution in [0.1, 0.15) is 18.9 Å². The van der Waals surface area contributed by atoms with Crippen molar-refractivity contribution in [3.05, 3.63) is 34.0 Å². The fourth-order valence-corrected chi connectivity index (χ4v) is 1.23. The minimum absolute atomic E-state index is 0.103. The van der Waals surface area contributed by atoms with Crippen LogP contribution in [0.5, 0.6) is 0 Å². The van der Waals surface area contributed by atoms with Gasteiger partial charge in [-0.05, 0) is 12.5 Å². The second kappa shape index (κ2) is 6.33. The third-order valence-corrected chi connectivity index (χ3v) is 2.02. The predicted octanol–water partition coefficient (Wildman–Crippen LogP) is 1.54. The first kappa shape index (κ1) is 13.6. The van der Waals surface area contributed by atoms with Gasteiger partial charge in [-0.15, -0.1) is 0 Å². The molecule has 1 aromatic rings. The van der Waals surface area contributed by atoms with Crippen molar-refractivity contribution in [1.29, 1.82) is 0 Å². The van der Waals surface area contributed by atoms with Gasteiger partial charge >= 0.3 is 11.7 Å². The van der Waals surface area contributed by atoms with E-state index in [4.69, 9.17) is 10.5 Å². The van der Waals surface area contributed by atoms with Crippen molar-refractivity contribution in [1.82, 2.24) is 4.98 Å². The van der Waals surface area contributed by atoms with Crippen molar-refractivity contribution in [3.8, 4) is 0 Å². The van der Waals surface area contributed by atoms with Crippen LogP contribution in [0.25, 0.3) is 6.08 Å². The molecule has 0 aliphatic rings. The molecule has 0 aliphatic carbocycles. The Morgan fingerprint density at radius 2 is 2.39 bits per heavy atom. The maximum atomic E-state index is 11.0. The topological polar surface area (TPSA) is 108 Å². The Kier molecular flexibility index (Phi) is 4.79. The summed E-state index contributed by atoms with van der Waals surface area (Å²) in [5, 5.41) is 10.6. The SMILES string of the molecule is CCOC(=O)CC=Cc1cnc(N)c([N+](=O)[O-])c1. The first-order valence-corrected chi connectivity index (χ1v) is 5.26. The van der Waals surface area contributed by atoms with Gasteiger partial charge in [0.1, 0.15) is 0 Å². The van der Waals surface area contributed by atoms with Crippen LogP contribution in [-0.4, -0.2) is 22.5 Å². The maximum absolute atomic E-state index is 11.0. The number of carbonyl (C=O) groups is 1. The lowest BCUT2D eigenvalue weighted by Gasteiger charge is -1.98. The van der Waals surface area contributed by atoms with Gasteiger partial charge in [-0.2, -0.15) is 0 Å². The number of ether oxygens (including phenoxy) is 1. The Labute approximate surface area is 103 Å². The summed E-state index contributed by atoms with van der Waals surface area (Å²) in [7, 11) is 0. The van der Waals surface area contributed by atoms with Crippen molar-refractivity contribution in [2.45, 2.75) is 13.3 Å². The molecule has 0 aliphatic heterocycles. The van der Waals surface area contributed by atoms with Gasteiger partial charge in [0.25, 0.3) is 0 Å². The molecule has 7 heteroatoms. The van der Waals surface area contributed by atoms with E-state index in [9.17, 15) is 14.9 Å². The van der Waals surface area contributed by atoms with Crippen molar-refractivity contribution >= 4 is 23.6 Å². The number of aromatic nitrogens is 1. The van der Waals surface area contributed by atoms with Gasteiger partial charge in [-0.1, -0.05) is 12.2 Å². The molecule has 0 bridgehead atoms. The smallest absolute Gasteiger partial charge is 0.311 e. The van der Waals surface area contributed by atoms with Crippen molar-refractivity contribution in [2.75, 3.05) is 12.3 Å². The Hall–Kier alpha value is -2.44. The molecule has 0 saturated carbocycles. The highest BCUT2D eigenvalue weighted by atomic mass is 16.6. The molecule has 0 fully saturated rings. The van der Waals surface area contributed by atoms with Crippen LogP contribution in [0.2, 0.25) is 0 Å². The fraction of sp³-hybridized carbons (Fsp3) is 0.273. The summed E-state index contributed by atoms with van der Waals surface area (Å²) in [5.41, 5.74) is 5.60. The van der Waals surface area contributed by atoms with E-state index in [-0.39, 0.29) is 23.9 Å². The first-order valence-electron chi connectivity index (χ1n) is 5.26. The number of rotatable bonds is 5. The van der Waals surface area contributed by atoms with Gasteiger partial charge in [-0.3, -0.25) is 14.9 Å². The number of nitro groups is 1. The quantitative estimate of drug-likeness (QED) is 0.483. The summed E-state index contributed by atoms with van der Waals surface area (Å²) >= 11 is 0. The monoisotopic (exact) mass is 251 g/mol. The van der Waals surface area contributed by atoms with Crippen LogP contribution in [0.15, 0.2) is 18.3 Å². The van der Waals surface area contributed by atoms with Gasteiger partial charge in [0.2, 0.25) is 5.82 Å². The number of pyridine rings is 1. The molecule has 2 N–H and O–H groups in total. The molecular weight excluding hydrogens is 238 g/mol. The highest BCUT2D eigenvalue weighted by molar-refractivity contribution is 5.72. The van der Waals surface area contributed by atoms with Gasteiger partial charge in [-0.25, -0.2) is 4.98 Å². The summed E-state index contributed by atoms with van der Waals surface area (Å²) in [6.45, 7) is 2.04. The number of nitrogens with zero attached hydrogens (tertiary/aromatic N) is 2. The lowest BCUT2D eigenvalue weighted by molar-refractivity contribution is -0.384. The van der Waals surface area contributed by atoms with Crippen molar-refractivity contribution < 1.29 is 14.5 Å². The zero-order valence-electron chi connectivity index (χ0n) is 9.83. The summed E-state index contributed by atoms with van der Waals surface area (Å²) in [4.78, 5) is 24.8. The second-order valence-corrected chi connectivity index (χ2v) is 3.34. The number of esters is 1. The molecule has 0 atom stereocenters. The Morgan fingerprint density at radius 1 is 1.67 bits per heavy atom. The largest absolute Gasteiger partial charge is 0.466 e. The normalized spacial score (nSPS) is 10.5. The molecule has 1 rings (SSSR count). The third-order valence-electron chi connectivity index (χ3n) is 2.02. The van der Waals surface area contributed by atoms with E-state index in [1.54, 1.807) is 19.1 Å². The third kappa shape index (κ3) is 3.85. The maximum Gasteiger partial charge on any atom is 0.311 e. The minimum atomic E-state index is -0.606. The second-order valence-electron chi connectivity index (χ2n) is 3.34. The molecule has 0 spiro atoms. The molecule has 0 saturated heterocycles. The van der Waals surface area contributed by atoms with Crippen LogP contribution in [0.3, 0.4) is 0 Å². The Balaban J connectivity index is 2.73. The number of hydrogen-bond donors (Lipinski definition) is 1. The lowest BCUT2D eigenvalue weighted by Crippen LogP contribution is -2.01. The number of carbonyl (C=O) groups excluding carboxylic acids is 1. The Morgan fingerprint density at radius 3 is 3.00 bits per heavy atom. The summed E-state index contributed by atoms with van der Waals surface area (Å²) in [6.07, 6.45) is 4.60. The van der Waals surface area contributed by atoms with Gasteiger partial charge in [0.05, 0.1) is 18.0 Å². The van der Waals surface area contributed by atoms with Crippen molar-refractivity contribution in [3.63, 3.8) is 0 Å². The standard InChI is InChI=1S/C11H13N3O4/c1-2-18-10(15)5-3-4-8-6-9(14(16)17)11(12)13-7-8/h3-4,6-7H,2,5H2,1H3,(H2,12,13). The minimum Gasteiger partial charge on any atom is -0.466 e. The Bertz CT molecular complexity index is 485. The zero-order chi connectivity index (χ0) is 13.5. The van der Waals surface area contributed by atoms with E-state index in [0.29, 0.717) is 12.2 Å². The van der Waals surface area contributed by atoms with Crippen LogP contribution >= 0.6 is 0 Å². The molecular formula is C11H13N3O4. The van der Waals surface area contributed by atoms with E-state index in [1.165, 1.54) is 12.3 Å². The average Bonchev–Trinajstić information content (AvgIpc) is 2.31. The van der Waals surface area contributed by atoms with E-state index >= 15 is 0 Å². The molecule has 1 aromatic heterocycles. The van der Waals surface area contributed by atoms with E-state index in [1.807, 2.05) is 0 Å². The molecule has 0 aromatic carbocycles. The fourth-order valence-electron chi connectivity index (χ4n) is 1.23. The van der Waals surface area contributed by atoms with Crippen LogP contribution in [-0.2, 0) is 9.53 Å². The number of nitrogens with two attached hydrogens (primary N) is 1. The molecule has 7 nitrogen and oxygen atoms in total. The highest BCUT2D eigenvalue weighted by Gasteiger charge is 2.12. The first-order chi connectivity index (χ1) is 8.54. The van der Waals surface area contributed by atoms with Crippen LogP contribution in [0, 0.1) is 10.1 Å². The number of hydrogen-bond acceptors (Lipinski definition) is 6. The van der Waals surface area contributed by atoms with Gasteiger partial charge < -0.3 is 10.5 Å². The summed E-state index contributed by atoms with van der Waals surface area (Å²) in [6, 6.07) is 1.30. The van der Waals surface area contributed by atoms with Crippen LogP contribution < -0.4 is 5.73 Å². The zero-order valence-corrected chi connectivity index (χ0v) is 9.83.